The number of carbonyl (C=O) groups excluding carboxylic acids is 4. The molecule has 3 heterocycles. The lowest BCUT2D eigenvalue weighted by Crippen LogP contribution is -2.50. The van der Waals surface area contributed by atoms with E-state index in [0.717, 1.165) is 5.56 Å². The second kappa shape index (κ2) is 13.8. The summed E-state index contributed by atoms with van der Waals surface area (Å²) < 4.78 is 36.8. The van der Waals surface area contributed by atoms with E-state index in [0.29, 0.717) is 56.0 Å². The van der Waals surface area contributed by atoms with Crippen LogP contribution in [0.1, 0.15) is 38.3 Å². The van der Waals surface area contributed by atoms with Crippen molar-refractivity contribution >= 4 is 35.6 Å². The second-order valence-electron chi connectivity index (χ2n) is 12.4. The summed E-state index contributed by atoms with van der Waals surface area (Å²) in [7, 11) is 1.44. The maximum atomic E-state index is 15.0. The Kier molecular flexibility index (Phi) is 9.79. The maximum Gasteiger partial charge on any atom is 0.415 e. The molecule has 1 aromatic carbocycles. The quantitative estimate of drug-likeness (QED) is 0.267. The lowest BCUT2D eigenvalue weighted by atomic mass is 10.1. The first-order chi connectivity index (χ1) is 21.9. The van der Waals surface area contributed by atoms with Gasteiger partial charge in [0, 0.05) is 13.1 Å². The molecule has 0 spiro atoms. The van der Waals surface area contributed by atoms with Gasteiger partial charge in [-0.2, -0.15) is 0 Å². The number of nitrogens with zero attached hydrogens (tertiary/aromatic N) is 2. The van der Waals surface area contributed by atoms with E-state index >= 15 is 4.39 Å². The molecule has 0 bridgehead atoms. The molecular formula is C31H39FN6O8. The number of pyridine rings is 1. The molecule has 1 aliphatic carbocycles. The number of rotatable bonds is 11. The normalized spacial score (nSPS) is 19.3. The number of hydrogen-bond acceptors (Lipinski definition) is 10. The molecule has 15 heteroatoms. The SMILES string of the molecule is CNC(=O)C(COc1cc(F)c2c(c1)CC(CNCCC1CN(c3ccc4c(n3)NC(=O)CO4)C(=O)O1)C2)NC(=O)OC(C)(C)C. The Morgan fingerprint density at radius 2 is 2.02 bits per heavy atom. The molecule has 5 rings (SSSR count). The summed E-state index contributed by atoms with van der Waals surface area (Å²) in [5.41, 5.74) is 0.724. The van der Waals surface area contributed by atoms with Crippen LogP contribution in [0, 0.1) is 11.7 Å². The molecule has 0 radical (unpaired) electrons. The number of ether oxygens (including phenoxy) is 4. The number of halogens is 1. The molecular weight excluding hydrogens is 603 g/mol. The Balaban J connectivity index is 1.07. The highest BCUT2D eigenvalue weighted by Gasteiger charge is 2.34. The summed E-state index contributed by atoms with van der Waals surface area (Å²) in [6.45, 7) is 6.39. The van der Waals surface area contributed by atoms with E-state index in [9.17, 15) is 19.2 Å². The third kappa shape index (κ3) is 8.13. The number of alkyl carbamates (subject to hydrolysis) is 1. The molecule has 0 saturated carbocycles. The van der Waals surface area contributed by atoms with Gasteiger partial charge >= 0.3 is 12.2 Å². The van der Waals surface area contributed by atoms with Crippen LogP contribution >= 0.6 is 0 Å². The van der Waals surface area contributed by atoms with Gasteiger partial charge in [0.05, 0.1) is 6.54 Å². The van der Waals surface area contributed by atoms with E-state index in [2.05, 4.69) is 26.3 Å². The summed E-state index contributed by atoms with van der Waals surface area (Å²) >= 11 is 0. The first-order valence-corrected chi connectivity index (χ1v) is 15.2. The van der Waals surface area contributed by atoms with E-state index in [-0.39, 0.29) is 48.5 Å². The van der Waals surface area contributed by atoms with E-state index < -0.39 is 29.7 Å². The van der Waals surface area contributed by atoms with Crippen molar-refractivity contribution in [3.05, 3.63) is 41.2 Å². The average molecular weight is 643 g/mol. The summed E-state index contributed by atoms with van der Waals surface area (Å²) in [6.07, 6.45) is 0.158. The molecule has 3 aliphatic rings. The Morgan fingerprint density at radius 1 is 1.22 bits per heavy atom. The number of carbonyl (C=O) groups is 4. The molecule has 4 amide bonds. The number of aromatic nitrogens is 1. The Morgan fingerprint density at radius 3 is 2.78 bits per heavy atom. The standard InChI is InChI=1S/C31H39FN6O8/c1-31(2,3)46-29(41)35-23(28(40)33-4)15-43-20-11-18-9-17(10-21(18)22(32)12-20)13-34-8-7-19-14-38(30(42)45-19)25-6-5-24-27(36-25)37-26(39)16-44-24/h5-6,11-12,17,19,23,34H,7-10,13-16H2,1-4H3,(H,33,40)(H,35,41)(H,36,37,39). The minimum absolute atomic E-state index is 0.0798. The number of benzene rings is 1. The molecule has 3 atom stereocenters. The third-order valence-electron chi connectivity index (χ3n) is 7.62. The van der Waals surface area contributed by atoms with Gasteiger partial charge in [0.25, 0.3) is 5.91 Å². The van der Waals surface area contributed by atoms with E-state index in [1.165, 1.54) is 18.0 Å². The molecule has 248 valence electrons. The predicted octanol–water partition coefficient (Wildman–Crippen LogP) is 2.29. The van der Waals surface area contributed by atoms with Crippen molar-refractivity contribution < 1.29 is 42.5 Å². The van der Waals surface area contributed by atoms with Gasteiger partial charge in [-0.25, -0.2) is 19.0 Å². The Bertz CT molecular complexity index is 1500. The minimum atomic E-state index is -1.04. The smallest absolute Gasteiger partial charge is 0.415 e. The molecule has 14 nitrogen and oxygen atoms in total. The summed E-state index contributed by atoms with van der Waals surface area (Å²) in [6, 6.07) is 5.33. The number of fused-ring (bicyclic) bond motifs is 2. The van der Waals surface area contributed by atoms with Crippen molar-refractivity contribution in [2.24, 2.45) is 5.92 Å². The molecule has 1 fully saturated rings. The zero-order chi connectivity index (χ0) is 33.0. The Hall–Kier alpha value is -4.66. The largest absolute Gasteiger partial charge is 0.491 e. The number of cyclic esters (lactones) is 1. The molecule has 1 aromatic heterocycles. The molecule has 3 unspecified atom stereocenters. The van der Waals surface area contributed by atoms with Crippen molar-refractivity contribution in [1.82, 2.24) is 20.9 Å². The van der Waals surface area contributed by atoms with Crippen LogP contribution in [0.2, 0.25) is 0 Å². The first-order valence-electron chi connectivity index (χ1n) is 15.2. The highest BCUT2D eigenvalue weighted by Crippen LogP contribution is 2.33. The van der Waals surface area contributed by atoms with Gasteiger partial charge in [0.1, 0.15) is 41.7 Å². The lowest BCUT2D eigenvalue weighted by molar-refractivity contribution is -0.123. The Labute approximate surface area is 265 Å². The molecule has 1 saturated heterocycles. The van der Waals surface area contributed by atoms with Crippen LogP contribution in [0.4, 0.5) is 25.6 Å². The molecule has 46 heavy (non-hydrogen) atoms. The van der Waals surface area contributed by atoms with Gasteiger partial charge in [0.15, 0.2) is 18.2 Å². The lowest BCUT2D eigenvalue weighted by Gasteiger charge is -2.23. The first kappa shape index (κ1) is 32.7. The van der Waals surface area contributed by atoms with Crippen LogP contribution in [0.3, 0.4) is 0 Å². The van der Waals surface area contributed by atoms with Crippen LogP contribution in [0.15, 0.2) is 24.3 Å². The zero-order valence-corrected chi connectivity index (χ0v) is 26.2. The highest BCUT2D eigenvalue weighted by atomic mass is 19.1. The fraction of sp³-hybridized carbons (Fsp3) is 0.516. The number of hydrogen-bond donors (Lipinski definition) is 4. The average Bonchev–Trinajstić information content (AvgIpc) is 3.58. The van der Waals surface area contributed by atoms with Crippen LogP contribution in [0.25, 0.3) is 0 Å². The van der Waals surface area contributed by atoms with Crippen LogP contribution in [0.5, 0.6) is 11.5 Å². The van der Waals surface area contributed by atoms with Crippen LogP contribution in [-0.2, 0) is 31.9 Å². The topological polar surface area (TPSA) is 169 Å². The third-order valence-corrected chi connectivity index (χ3v) is 7.62. The van der Waals surface area contributed by atoms with Gasteiger partial charge in [-0.1, -0.05) is 0 Å². The summed E-state index contributed by atoms with van der Waals surface area (Å²) in [5.74, 6) is 0.327. The number of anilines is 2. The van der Waals surface area contributed by atoms with Gasteiger partial charge in [-0.05, 0) is 88.4 Å². The van der Waals surface area contributed by atoms with Crippen molar-refractivity contribution in [2.45, 2.75) is 57.8 Å². The summed E-state index contributed by atoms with van der Waals surface area (Å²) in [4.78, 5) is 54.4. The monoisotopic (exact) mass is 642 g/mol. The maximum absolute atomic E-state index is 15.0. The van der Waals surface area contributed by atoms with Gasteiger partial charge in [-0.3, -0.25) is 14.5 Å². The second-order valence-corrected chi connectivity index (χ2v) is 12.4. The number of likely N-dealkylation sites (N-methyl/N-ethyl adjacent to an activating group) is 1. The van der Waals surface area contributed by atoms with Crippen molar-refractivity contribution in [3.63, 3.8) is 0 Å². The van der Waals surface area contributed by atoms with Gasteiger partial charge < -0.3 is 40.2 Å². The minimum Gasteiger partial charge on any atom is -0.491 e. The highest BCUT2D eigenvalue weighted by molar-refractivity contribution is 5.95. The molecule has 2 aromatic rings. The molecule has 2 aliphatic heterocycles. The van der Waals surface area contributed by atoms with Crippen LogP contribution < -0.4 is 35.6 Å². The fourth-order valence-electron chi connectivity index (χ4n) is 5.49. The predicted molar refractivity (Wildman–Crippen MR) is 163 cm³/mol. The molecule has 4 N–H and O–H groups in total. The fourth-order valence-corrected chi connectivity index (χ4v) is 5.49. The van der Waals surface area contributed by atoms with Crippen molar-refractivity contribution in [2.75, 3.05) is 50.1 Å². The van der Waals surface area contributed by atoms with Gasteiger partial charge in [0.2, 0.25) is 5.91 Å². The zero-order valence-electron chi connectivity index (χ0n) is 26.2. The van der Waals surface area contributed by atoms with Crippen molar-refractivity contribution in [1.29, 1.82) is 0 Å². The number of amides is 4. The van der Waals surface area contributed by atoms with E-state index in [1.807, 2.05) is 0 Å². The van der Waals surface area contributed by atoms with Gasteiger partial charge in [-0.15, -0.1) is 0 Å². The summed E-state index contributed by atoms with van der Waals surface area (Å²) in [5, 5.41) is 11.0. The van der Waals surface area contributed by atoms with E-state index in [4.69, 9.17) is 18.9 Å². The van der Waals surface area contributed by atoms with E-state index in [1.54, 1.807) is 39.0 Å². The van der Waals surface area contributed by atoms with Crippen LogP contribution in [-0.4, -0.2) is 86.6 Å². The number of nitrogens with one attached hydrogen (secondary N) is 4. The van der Waals surface area contributed by atoms with Crippen molar-refractivity contribution in [3.8, 4) is 11.5 Å².